The minimum Gasteiger partial charge on any atom is -0.485 e. The van der Waals surface area contributed by atoms with Gasteiger partial charge < -0.3 is 15.4 Å². The Hall–Kier alpha value is -4.06. The van der Waals surface area contributed by atoms with Gasteiger partial charge in [-0.15, -0.1) is 0 Å². The third-order valence-corrected chi connectivity index (χ3v) is 6.55. The Bertz CT molecular complexity index is 1420. The van der Waals surface area contributed by atoms with Crippen LogP contribution in [0.15, 0.2) is 35.6 Å². The molecule has 10 nitrogen and oxygen atoms in total. The van der Waals surface area contributed by atoms with Crippen LogP contribution < -0.4 is 10.5 Å². The lowest BCUT2D eigenvalue weighted by Gasteiger charge is -2.41. The van der Waals surface area contributed by atoms with Crippen LogP contribution >= 0.6 is 11.6 Å². The standard InChI is InChI=1S/C24H22ClF2N7O3/c1-12-22(23(28)35)13(2)33(31-12)21-8-20(18(25)9-29-21)37-17-10-32(11-17)24(36)34-19(3-4-30-34)14-5-15(26)7-16(27)6-14/h4-9,17,19H,3,10-11H2,1-2H3,(H2,28,35). The Labute approximate surface area is 215 Å². The number of hydrogen-bond donors (Lipinski definition) is 1. The van der Waals surface area contributed by atoms with Crippen molar-refractivity contribution in [1.29, 1.82) is 0 Å². The second-order valence-electron chi connectivity index (χ2n) is 8.82. The fraction of sp³-hybridized carbons (Fsp3) is 0.292. The van der Waals surface area contributed by atoms with Crippen molar-refractivity contribution in [2.75, 3.05) is 13.1 Å². The van der Waals surface area contributed by atoms with Gasteiger partial charge in [0, 0.05) is 24.8 Å². The molecule has 37 heavy (non-hydrogen) atoms. The van der Waals surface area contributed by atoms with Crippen LogP contribution in [0.3, 0.4) is 0 Å². The van der Waals surface area contributed by atoms with Crippen molar-refractivity contribution in [2.24, 2.45) is 10.8 Å². The number of hydrazone groups is 1. The average Bonchev–Trinajstić information content (AvgIpc) is 3.40. The van der Waals surface area contributed by atoms with Gasteiger partial charge in [0.1, 0.15) is 28.5 Å². The number of rotatable bonds is 5. The molecule has 1 saturated heterocycles. The first-order chi connectivity index (χ1) is 17.6. The van der Waals surface area contributed by atoms with E-state index >= 15 is 0 Å². The van der Waals surface area contributed by atoms with Gasteiger partial charge in [-0.05, 0) is 31.5 Å². The van der Waals surface area contributed by atoms with Crippen molar-refractivity contribution in [3.63, 3.8) is 0 Å². The van der Waals surface area contributed by atoms with Crippen LogP contribution in [0, 0.1) is 25.5 Å². The van der Waals surface area contributed by atoms with Crippen LogP contribution in [0.5, 0.6) is 5.75 Å². The van der Waals surface area contributed by atoms with Crippen molar-refractivity contribution in [2.45, 2.75) is 32.4 Å². The summed E-state index contributed by atoms with van der Waals surface area (Å²) in [6.07, 6.45) is 2.95. The maximum atomic E-state index is 13.7. The van der Waals surface area contributed by atoms with Gasteiger partial charge in [0.15, 0.2) is 5.82 Å². The summed E-state index contributed by atoms with van der Waals surface area (Å²) in [7, 11) is 0. The number of pyridine rings is 1. The molecule has 1 unspecified atom stereocenters. The molecule has 0 saturated carbocycles. The average molecular weight is 530 g/mol. The van der Waals surface area contributed by atoms with Crippen LogP contribution in [0.2, 0.25) is 5.02 Å². The maximum absolute atomic E-state index is 13.7. The maximum Gasteiger partial charge on any atom is 0.341 e. The number of nitrogens with zero attached hydrogens (tertiary/aromatic N) is 6. The zero-order chi connectivity index (χ0) is 26.4. The third-order valence-electron chi connectivity index (χ3n) is 6.27. The van der Waals surface area contributed by atoms with E-state index in [4.69, 9.17) is 22.1 Å². The number of primary amides is 1. The Morgan fingerprint density at radius 2 is 1.84 bits per heavy atom. The molecule has 1 aromatic carbocycles. The van der Waals surface area contributed by atoms with Gasteiger partial charge in [-0.3, -0.25) is 4.79 Å². The van der Waals surface area contributed by atoms with Crippen LogP contribution in [0.4, 0.5) is 13.6 Å². The number of ether oxygens (including phenoxy) is 1. The number of nitrogens with two attached hydrogens (primary N) is 1. The number of urea groups is 1. The molecule has 2 N–H and O–H groups in total. The molecule has 4 heterocycles. The molecule has 5 rings (SSSR count). The number of likely N-dealkylation sites (tertiary alicyclic amines) is 1. The van der Waals surface area contributed by atoms with E-state index in [1.54, 1.807) is 26.1 Å². The summed E-state index contributed by atoms with van der Waals surface area (Å²) >= 11 is 6.29. The smallest absolute Gasteiger partial charge is 0.341 e. The van der Waals surface area contributed by atoms with Gasteiger partial charge in [0.25, 0.3) is 5.91 Å². The number of hydrogen-bond acceptors (Lipinski definition) is 6. The summed E-state index contributed by atoms with van der Waals surface area (Å²) in [5, 5.41) is 9.95. The van der Waals surface area contributed by atoms with Crippen LogP contribution in [0.25, 0.3) is 5.82 Å². The molecule has 2 aliphatic heterocycles. The topological polar surface area (TPSA) is 119 Å². The summed E-state index contributed by atoms with van der Waals surface area (Å²) < 4.78 is 34.9. The predicted molar refractivity (Wildman–Crippen MR) is 130 cm³/mol. The summed E-state index contributed by atoms with van der Waals surface area (Å²) in [5.74, 6) is -1.29. The first kappa shape index (κ1) is 24.6. The molecule has 1 fully saturated rings. The highest BCUT2D eigenvalue weighted by Gasteiger charge is 2.39. The number of benzene rings is 1. The molecule has 192 valence electrons. The zero-order valence-electron chi connectivity index (χ0n) is 19.9. The Morgan fingerprint density at radius 1 is 1.14 bits per heavy atom. The summed E-state index contributed by atoms with van der Waals surface area (Å²) in [5.41, 5.74) is 7.11. The van der Waals surface area contributed by atoms with Crippen LogP contribution in [-0.4, -0.2) is 62.0 Å². The first-order valence-electron chi connectivity index (χ1n) is 11.4. The van der Waals surface area contributed by atoms with Crippen molar-refractivity contribution in [1.82, 2.24) is 24.7 Å². The van der Waals surface area contributed by atoms with E-state index in [1.165, 1.54) is 32.9 Å². The van der Waals surface area contributed by atoms with Crippen molar-refractivity contribution >= 4 is 29.8 Å². The molecule has 0 spiro atoms. The number of carbonyl (C=O) groups is 2. The van der Waals surface area contributed by atoms with E-state index < -0.39 is 29.6 Å². The SMILES string of the molecule is Cc1nn(-c2cc(OC3CN(C(=O)N4N=CCC4c4cc(F)cc(F)c4)C3)c(Cl)cn2)c(C)c1C(N)=O. The lowest BCUT2D eigenvalue weighted by Crippen LogP contribution is -2.58. The molecule has 2 aromatic heterocycles. The minimum absolute atomic E-state index is 0.259. The van der Waals surface area contributed by atoms with Crippen molar-refractivity contribution in [3.8, 4) is 11.6 Å². The van der Waals surface area contributed by atoms with Crippen molar-refractivity contribution < 1.29 is 23.1 Å². The number of amides is 3. The lowest BCUT2D eigenvalue weighted by atomic mass is 10.0. The minimum atomic E-state index is -0.716. The number of aromatic nitrogens is 3. The van der Waals surface area contributed by atoms with Gasteiger partial charge >= 0.3 is 6.03 Å². The zero-order valence-corrected chi connectivity index (χ0v) is 20.6. The summed E-state index contributed by atoms with van der Waals surface area (Å²) in [4.78, 5) is 30.6. The molecule has 3 amide bonds. The number of carbonyl (C=O) groups excluding carboxylic acids is 2. The Balaban J connectivity index is 1.26. The second-order valence-corrected chi connectivity index (χ2v) is 9.23. The molecular weight excluding hydrogens is 508 g/mol. The van der Waals surface area contributed by atoms with Gasteiger partial charge in [0.2, 0.25) is 0 Å². The normalized spacial score (nSPS) is 17.3. The second kappa shape index (κ2) is 9.43. The predicted octanol–water partition coefficient (Wildman–Crippen LogP) is 3.53. The highest BCUT2D eigenvalue weighted by molar-refractivity contribution is 6.31. The molecule has 0 radical (unpaired) electrons. The third kappa shape index (κ3) is 4.59. The fourth-order valence-corrected chi connectivity index (χ4v) is 4.62. The molecule has 13 heteroatoms. The largest absolute Gasteiger partial charge is 0.485 e. The molecule has 1 atom stereocenters. The highest BCUT2D eigenvalue weighted by atomic mass is 35.5. The lowest BCUT2D eigenvalue weighted by molar-refractivity contribution is 0.0277. The van der Waals surface area contributed by atoms with Gasteiger partial charge in [0.05, 0.1) is 42.3 Å². The van der Waals surface area contributed by atoms with E-state index in [0.717, 1.165) is 6.07 Å². The van der Waals surface area contributed by atoms with Crippen molar-refractivity contribution in [3.05, 3.63) is 69.6 Å². The fourth-order valence-electron chi connectivity index (χ4n) is 4.47. The monoisotopic (exact) mass is 529 g/mol. The molecule has 0 aliphatic carbocycles. The number of halogens is 3. The number of aryl methyl sites for hydroxylation is 1. The van der Waals surface area contributed by atoms with Gasteiger partial charge in [-0.25, -0.2) is 28.3 Å². The quantitative estimate of drug-likeness (QED) is 0.542. The summed E-state index contributed by atoms with van der Waals surface area (Å²) in [6.45, 7) is 3.90. The van der Waals surface area contributed by atoms with Crippen LogP contribution in [-0.2, 0) is 0 Å². The van der Waals surface area contributed by atoms with E-state index in [9.17, 15) is 18.4 Å². The Kier molecular flexibility index (Phi) is 6.28. The summed E-state index contributed by atoms with van der Waals surface area (Å²) in [6, 6.07) is 3.78. The van der Waals surface area contributed by atoms with Gasteiger partial charge in [-0.2, -0.15) is 10.2 Å². The van der Waals surface area contributed by atoms with Gasteiger partial charge in [-0.1, -0.05) is 11.6 Å². The Morgan fingerprint density at radius 3 is 2.49 bits per heavy atom. The van der Waals surface area contributed by atoms with E-state index in [0.29, 0.717) is 40.5 Å². The van der Waals surface area contributed by atoms with E-state index in [2.05, 4.69) is 15.2 Å². The molecular formula is C24H22ClF2N7O3. The first-order valence-corrected chi connectivity index (χ1v) is 11.8. The van der Waals surface area contributed by atoms with E-state index in [1.807, 2.05) is 0 Å². The molecule has 3 aromatic rings. The molecule has 0 bridgehead atoms. The van der Waals surface area contributed by atoms with E-state index in [-0.39, 0.29) is 24.2 Å². The van der Waals surface area contributed by atoms with Crippen LogP contribution in [0.1, 0.15) is 39.8 Å². The molecule has 2 aliphatic rings. The highest BCUT2D eigenvalue weighted by Crippen LogP contribution is 2.33.